The maximum absolute atomic E-state index is 6.52. The summed E-state index contributed by atoms with van der Waals surface area (Å²) in [5, 5.41) is -0.570. The lowest BCUT2D eigenvalue weighted by molar-refractivity contribution is 0.137. The fraction of sp³-hybridized carbons (Fsp3) is 1.00. The van der Waals surface area contributed by atoms with E-state index >= 15 is 0 Å². The van der Waals surface area contributed by atoms with Crippen molar-refractivity contribution in [2.24, 2.45) is 17.4 Å². The minimum absolute atomic E-state index is 0.151. The van der Waals surface area contributed by atoms with Gasteiger partial charge in [-0.2, -0.15) is 0 Å². The maximum atomic E-state index is 6.52. The molecule has 2 unspecified atom stereocenters. The maximum Gasteiger partial charge on any atom is 0.357 e. The summed E-state index contributed by atoms with van der Waals surface area (Å²) < 4.78 is 11.7. The van der Waals surface area contributed by atoms with Gasteiger partial charge >= 0.3 is 8.56 Å². The zero-order chi connectivity index (χ0) is 13.0. The molecular weight excluding hydrogens is 220 g/mol. The summed E-state index contributed by atoms with van der Waals surface area (Å²) in [6.45, 7) is 13.3. The molecule has 0 aromatic heterocycles. The van der Waals surface area contributed by atoms with Crippen molar-refractivity contribution in [2.45, 2.75) is 52.4 Å². The molecule has 0 amide bonds. The van der Waals surface area contributed by atoms with Gasteiger partial charge in [0.25, 0.3) is 0 Å². The molecule has 4 N–H and O–H groups in total. The zero-order valence-electron chi connectivity index (χ0n) is 11.5. The number of rotatable bonds is 7. The molecule has 16 heavy (non-hydrogen) atoms. The second kappa shape index (κ2) is 6.12. The third-order valence-electron chi connectivity index (χ3n) is 3.33. The minimum atomic E-state index is -2.48. The van der Waals surface area contributed by atoms with Gasteiger partial charge in [-0.15, -0.1) is 0 Å². The largest absolute Gasteiger partial charge is 0.394 e. The van der Waals surface area contributed by atoms with Gasteiger partial charge in [-0.3, -0.25) is 0 Å². The van der Waals surface area contributed by atoms with Crippen LogP contribution in [0.5, 0.6) is 0 Å². The van der Waals surface area contributed by atoms with Gasteiger partial charge in [0.05, 0.1) is 5.16 Å². The Morgan fingerprint density at radius 1 is 1.12 bits per heavy atom. The molecule has 5 heteroatoms. The summed E-state index contributed by atoms with van der Waals surface area (Å²) in [5.74, 6) is 0.224. The molecule has 0 aromatic rings. The molecule has 0 saturated heterocycles. The van der Waals surface area contributed by atoms with Crippen LogP contribution < -0.4 is 11.5 Å². The van der Waals surface area contributed by atoms with Crippen LogP contribution in [0, 0.1) is 5.92 Å². The fourth-order valence-corrected chi connectivity index (χ4v) is 5.87. The van der Waals surface area contributed by atoms with Crippen molar-refractivity contribution in [2.75, 3.05) is 13.2 Å². The van der Waals surface area contributed by atoms with E-state index in [4.69, 9.17) is 20.3 Å². The first-order valence-corrected chi connectivity index (χ1v) is 8.40. The smallest absolute Gasteiger partial charge is 0.357 e. The first-order chi connectivity index (χ1) is 7.26. The Morgan fingerprint density at radius 2 is 1.50 bits per heavy atom. The van der Waals surface area contributed by atoms with Crippen LogP contribution in [0.1, 0.15) is 34.6 Å². The van der Waals surface area contributed by atoms with Crippen molar-refractivity contribution in [3.8, 4) is 0 Å². The Bertz CT molecular complexity index is 196. The summed E-state index contributed by atoms with van der Waals surface area (Å²) in [6, 6.07) is -0.151. The number of nitrogens with two attached hydrogens (primary N) is 2. The van der Waals surface area contributed by atoms with Crippen molar-refractivity contribution in [1.82, 2.24) is 0 Å². The Labute approximate surface area is 101 Å². The first kappa shape index (κ1) is 16.1. The monoisotopic (exact) mass is 248 g/mol. The molecule has 0 bridgehead atoms. The summed E-state index contributed by atoms with van der Waals surface area (Å²) in [6.07, 6.45) is 0. The Hall–Kier alpha value is 0.0569. The van der Waals surface area contributed by atoms with E-state index in [2.05, 4.69) is 13.8 Å². The summed E-state index contributed by atoms with van der Waals surface area (Å²) in [7, 11) is -2.48. The van der Waals surface area contributed by atoms with Gasteiger partial charge in [-0.1, -0.05) is 13.8 Å². The molecule has 0 heterocycles. The molecule has 0 aromatic carbocycles. The third-order valence-corrected chi connectivity index (χ3v) is 7.62. The van der Waals surface area contributed by atoms with Gasteiger partial charge in [0, 0.05) is 19.3 Å². The Morgan fingerprint density at radius 3 is 1.69 bits per heavy atom. The molecule has 98 valence electrons. The van der Waals surface area contributed by atoms with Crippen molar-refractivity contribution >= 4 is 8.56 Å². The van der Waals surface area contributed by atoms with E-state index in [1.807, 2.05) is 27.3 Å². The molecule has 0 saturated carbocycles. The highest BCUT2D eigenvalue weighted by atomic mass is 28.4. The third kappa shape index (κ3) is 2.84. The first-order valence-electron chi connectivity index (χ1n) is 6.08. The molecule has 4 nitrogen and oxygen atoms in total. The van der Waals surface area contributed by atoms with E-state index in [0.29, 0.717) is 13.2 Å². The van der Waals surface area contributed by atoms with Crippen LogP contribution in [-0.2, 0) is 8.85 Å². The molecular formula is C11H28N2O2Si. The van der Waals surface area contributed by atoms with Gasteiger partial charge < -0.3 is 20.3 Å². The van der Waals surface area contributed by atoms with Crippen LogP contribution >= 0.6 is 0 Å². The predicted octanol–water partition coefficient (Wildman–Crippen LogP) is 1.37. The highest BCUT2D eigenvalue weighted by Gasteiger charge is 2.55. The molecule has 0 aliphatic carbocycles. The molecule has 2 atom stereocenters. The predicted molar refractivity (Wildman–Crippen MR) is 70.3 cm³/mol. The molecule has 0 rings (SSSR count). The lowest BCUT2D eigenvalue weighted by Gasteiger charge is -2.47. The van der Waals surface area contributed by atoms with Gasteiger partial charge in [0.1, 0.15) is 0 Å². The van der Waals surface area contributed by atoms with Crippen molar-refractivity contribution < 1.29 is 8.85 Å². The normalized spacial score (nSPS) is 18.6. The van der Waals surface area contributed by atoms with E-state index in [9.17, 15) is 0 Å². The fourth-order valence-electron chi connectivity index (χ4n) is 2.31. The number of hydrogen-bond donors (Lipinski definition) is 2. The summed E-state index contributed by atoms with van der Waals surface area (Å²) in [4.78, 5) is 0. The zero-order valence-corrected chi connectivity index (χ0v) is 12.5. The van der Waals surface area contributed by atoms with E-state index in [1.165, 1.54) is 0 Å². The quantitative estimate of drug-likeness (QED) is 0.668. The minimum Gasteiger partial charge on any atom is -0.394 e. The molecule has 0 aliphatic rings. The topological polar surface area (TPSA) is 70.5 Å². The number of hydrogen-bond acceptors (Lipinski definition) is 4. The Kier molecular flexibility index (Phi) is 6.14. The highest BCUT2D eigenvalue weighted by Crippen LogP contribution is 2.30. The van der Waals surface area contributed by atoms with Crippen LogP contribution in [0.2, 0.25) is 6.55 Å². The standard InChI is InChI=1S/C11H28N2O2Si/c1-7-14-16(6,15-8-2)11(13,9(3)4)10(5)12/h9-10H,7-8,12-13H2,1-6H3. The summed E-state index contributed by atoms with van der Waals surface area (Å²) in [5.41, 5.74) is 12.6. The van der Waals surface area contributed by atoms with E-state index in [1.54, 1.807) is 0 Å². The second-order valence-electron chi connectivity index (χ2n) is 4.69. The van der Waals surface area contributed by atoms with Crippen LogP contribution in [0.25, 0.3) is 0 Å². The van der Waals surface area contributed by atoms with Gasteiger partial charge in [-0.25, -0.2) is 0 Å². The second-order valence-corrected chi connectivity index (χ2v) is 8.02. The van der Waals surface area contributed by atoms with Gasteiger partial charge in [0.2, 0.25) is 0 Å². The van der Waals surface area contributed by atoms with Crippen molar-refractivity contribution in [3.63, 3.8) is 0 Å². The van der Waals surface area contributed by atoms with Crippen molar-refractivity contribution in [3.05, 3.63) is 0 Å². The molecule has 0 radical (unpaired) electrons. The lowest BCUT2D eigenvalue weighted by Crippen LogP contribution is -2.75. The van der Waals surface area contributed by atoms with Crippen LogP contribution in [-0.4, -0.2) is 33.0 Å². The van der Waals surface area contributed by atoms with Crippen LogP contribution in [0.3, 0.4) is 0 Å². The van der Waals surface area contributed by atoms with Crippen LogP contribution in [0.4, 0.5) is 0 Å². The van der Waals surface area contributed by atoms with Crippen LogP contribution in [0.15, 0.2) is 0 Å². The molecule has 0 aliphatic heterocycles. The van der Waals surface area contributed by atoms with E-state index in [0.717, 1.165) is 0 Å². The summed E-state index contributed by atoms with van der Waals surface area (Å²) >= 11 is 0. The molecule has 0 fully saturated rings. The molecule has 0 spiro atoms. The highest BCUT2D eigenvalue weighted by molar-refractivity contribution is 6.69. The van der Waals surface area contributed by atoms with Gasteiger partial charge in [-0.05, 0) is 33.2 Å². The SMILES string of the molecule is CCO[Si](C)(OCC)C(N)(C(C)C)C(C)N. The van der Waals surface area contributed by atoms with Crippen molar-refractivity contribution in [1.29, 1.82) is 0 Å². The van der Waals surface area contributed by atoms with E-state index in [-0.39, 0.29) is 12.0 Å². The van der Waals surface area contributed by atoms with Gasteiger partial charge in [0.15, 0.2) is 0 Å². The average Bonchev–Trinajstić information content (AvgIpc) is 2.16. The Balaban J connectivity index is 5.25. The van der Waals surface area contributed by atoms with E-state index < -0.39 is 13.7 Å². The average molecular weight is 248 g/mol. The lowest BCUT2D eigenvalue weighted by atomic mass is 9.98.